The van der Waals surface area contributed by atoms with E-state index in [1.807, 2.05) is 0 Å². The van der Waals surface area contributed by atoms with Gasteiger partial charge >= 0.3 is 25.6 Å². The van der Waals surface area contributed by atoms with E-state index >= 15 is 0 Å². The number of alkyl halides is 9. The zero-order valence-corrected chi connectivity index (χ0v) is 13.1. The van der Waals surface area contributed by atoms with Crippen LogP contribution in [0.15, 0.2) is 36.8 Å². The van der Waals surface area contributed by atoms with Gasteiger partial charge in [0.05, 0.1) is 0 Å². The summed E-state index contributed by atoms with van der Waals surface area (Å²) in [5.74, 6) is 0. The van der Waals surface area contributed by atoms with Gasteiger partial charge < -0.3 is 0 Å². The van der Waals surface area contributed by atoms with Gasteiger partial charge in [0.1, 0.15) is 0 Å². The molecule has 0 aromatic carbocycles. The quantitative estimate of drug-likeness (QED) is 0.487. The van der Waals surface area contributed by atoms with Crippen molar-refractivity contribution in [1.82, 2.24) is 29.1 Å². The van der Waals surface area contributed by atoms with Crippen molar-refractivity contribution in [3.63, 3.8) is 0 Å². The number of nitrogens with zero attached hydrogens (tertiary/aromatic N) is 6. The van der Waals surface area contributed by atoms with E-state index in [0.717, 1.165) is 18.6 Å². The van der Waals surface area contributed by atoms with Gasteiger partial charge in [0, 0.05) is 18.6 Å². The maximum atomic E-state index is 12.8. The topological polar surface area (TPSA) is 53.5 Å². The molecule has 28 heavy (non-hydrogen) atoms. The monoisotopic (exact) mass is 416 g/mol. The van der Waals surface area contributed by atoms with E-state index in [2.05, 4.69) is 15.3 Å². The molecule has 150 valence electrons. The molecule has 0 saturated heterocycles. The van der Waals surface area contributed by atoms with Crippen molar-refractivity contribution in [3.8, 4) is 0 Å². The molecule has 0 bridgehead atoms. The number of hydrogen-bond acceptors (Lipinski definition) is 3. The molecule has 0 aliphatic rings. The molecule has 3 aromatic rings. The van der Waals surface area contributed by atoms with Gasteiger partial charge in [0.15, 0.2) is 17.1 Å². The first kappa shape index (κ1) is 19.8. The second-order valence-electron chi connectivity index (χ2n) is 5.38. The lowest BCUT2D eigenvalue weighted by Gasteiger charge is -2.14. The number of hydrogen-bond donors (Lipinski definition) is 0. The summed E-state index contributed by atoms with van der Waals surface area (Å²) in [4.78, 5) is 0. The maximum Gasteiger partial charge on any atom is 0.568 e. The predicted molar refractivity (Wildman–Crippen MR) is 73.6 cm³/mol. The molecule has 16 heteroatoms. The van der Waals surface area contributed by atoms with E-state index in [4.69, 9.17) is 0 Å². The highest BCUT2D eigenvalue weighted by atomic mass is 19.4. The fraction of sp³-hybridized carbons (Fsp3) is 0.250. The lowest BCUT2D eigenvalue weighted by atomic mass is 9.96. The SMILES string of the molecule is FC(F)(F)c1ccn(B(n2ccc(C(F)(F)F)n2)n2ccc(C(F)(F)F)n2)n1. The van der Waals surface area contributed by atoms with E-state index in [-0.39, 0.29) is 0 Å². The minimum atomic E-state index is -4.88. The number of halogens is 9. The normalized spacial score (nSPS) is 13.2. The first-order chi connectivity index (χ1) is 12.8. The summed E-state index contributed by atoms with van der Waals surface area (Å²) < 4.78 is 116. The van der Waals surface area contributed by atoms with E-state index in [0.29, 0.717) is 32.0 Å². The predicted octanol–water partition coefficient (Wildman–Crippen LogP) is 3.26. The summed E-state index contributed by atoms with van der Waals surface area (Å²) in [6, 6.07) is 1.53. The molecule has 6 nitrogen and oxygen atoms in total. The molecule has 3 aromatic heterocycles. The molecule has 0 N–H and O–H groups in total. The third kappa shape index (κ3) is 3.84. The van der Waals surface area contributed by atoms with E-state index in [1.165, 1.54) is 0 Å². The summed E-state index contributed by atoms with van der Waals surface area (Å²) in [5.41, 5.74) is -4.20. The molecule has 0 spiro atoms. The molecule has 0 fully saturated rings. The van der Waals surface area contributed by atoms with Crippen molar-refractivity contribution < 1.29 is 39.5 Å². The van der Waals surface area contributed by atoms with Crippen LogP contribution >= 0.6 is 0 Å². The molecule has 0 atom stereocenters. The van der Waals surface area contributed by atoms with Crippen LogP contribution in [-0.4, -0.2) is 36.2 Å². The van der Waals surface area contributed by atoms with Gasteiger partial charge in [-0.05, 0) is 18.2 Å². The Hall–Kier alpha value is -2.94. The number of rotatable bonds is 3. The fourth-order valence-electron chi connectivity index (χ4n) is 2.22. The third-order valence-electron chi connectivity index (χ3n) is 3.41. The highest BCUT2D eigenvalue weighted by molar-refractivity contribution is 6.52. The van der Waals surface area contributed by atoms with Crippen LogP contribution in [0.4, 0.5) is 39.5 Å². The smallest absolute Gasteiger partial charge is 0.268 e. The average Bonchev–Trinajstić information content (AvgIpc) is 3.26. The Bertz CT molecular complexity index is 839. The van der Waals surface area contributed by atoms with Gasteiger partial charge in [-0.25, -0.2) is 0 Å². The molecule has 0 aliphatic carbocycles. The highest BCUT2D eigenvalue weighted by Gasteiger charge is 2.40. The van der Waals surface area contributed by atoms with Crippen LogP contribution in [0, 0.1) is 0 Å². The van der Waals surface area contributed by atoms with E-state index < -0.39 is 42.7 Å². The lowest BCUT2D eigenvalue weighted by molar-refractivity contribution is -0.142. The summed E-state index contributed by atoms with van der Waals surface area (Å²) in [6.07, 6.45) is -12.4. The minimum absolute atomic E-state index is 0.489. The first-order valence-corrected chi connectivity index (χ1v) is 7.14. The van der Waals surface area contributed by atoms with Gasteiger partial charge in [-0.1, -0.05) is 0 Å². The number of aromatic nitrogens is 6. The average molecular weight is 416 g/mol. The second kappa shape index (κ2) is 6.30. The Morgan fingerprint density at radius 2 is 0.786 bits per heavy atom. The van der Waals surface area contributed by atoms with Crippen LogP contribution in [-0.2, 0) is 18.5 Å². The van der Waals surface area contributed by atoms with Crippen LogP contribution < -0.4 is 0 Å². The molecule has 0 saturated carbocycles. The largest absolute Gasteiger partial charge is 0.568 e. The Balaban J connectivity index is 2.10. The highest BCUT2D eigenvalue weighted by Crippen LogP contribution is 2.30. The Morgan fingerprint density at radius 3 is 0.964 bits per heavy atom. The van der Waals surface area contributed by atoms with Crippen LogP contribution in [0.3, 0.4) is 0 Å². The van der Waals surface area contributed by atoms with Crippen LogP contribution in [0.1, 0.15) is 17.1 Å². The Labute approximate surface area is 149 Å². The van der Waals surface area contributed by atoms with Gasteiger partial charge in [-0.2, -0.15) is 54.8 Å². The molecular weight excluding hydrogens is 410 g/mol. The van der Waals surface area contributed by atoms with Gasteiger partial charge in [-0.15, -0.1) is 0 Å². The van der Waals surface area contributed by atoms with Crippen molar-refractivity contribution in [2.24, 2.45) is 0 Å². The zero-order chi connectivity index (χ0) is 20.9. The van der Waals surface area contributed by atoms with Gasteiger partial charge in [0.2, 0.25) is 0 Å². The second-order valence-corrected chi connectivity index (χ2v) is 5.38. The zero-order valence-electron chi connectivity index (χ0n) is 13.1. The lowest BCUT2D eigenvalue weighted by Crippen LogP contribution is -2.43. The fourth-order valence-corrected chi connectivity index (χ4v) is 2.22. The van der Waals surface area contributed by atoms with E-state index in [1.54, 1.807) is 0 Å². The van der Waals surface area contributed by atoms with Crippen molar-refractivity contribution in [2.75, 3.05) is 0 Å². The van der Waals surface area contributed by atoms with Crippen LogP contribution in [0.2, 0.25) is 0 Å². The summed E-state index contributed by atoms with van der Waals surface area (Å²) in [7, 11) is -1.79. The van der Waals surface area contributed by atoms with Crippen molar-refractivity contribution in [2.45, 2.75) is 18.5 Å². The van der Waals surface area contributed by atoms with Crippen LogP contribution in [0.5, 0.6) is 0 Å². The Morgan fingerprint density at radius 1 is 0.536 bits per heavy atom. The van der Waals surface area contributed by atoms with Crippen molar-refractivity contribution in [3.05, 3.63) is 53.9 Å². The van der Waals surface area contributed by atoms with Crippen molar-refractivity contribution in [1.29, 1.82) is 0 Å². The summed E-state index contributed by atoms with van der Waals surface area (Å²) in [6.45, 7) is 0. The standard InChI is InChI=1S/C12H6BF9N6/c14-10(15,16)7-1-4-26(23-7)13(27-5-2-8(24-27)11(17,18)19)28-6-3-9(25-28)12(20,21)22/h1-6H. The molecule has 0 unspecified atom stereocenters. The summed E-state index contributed by atoms with van der Waals surface area (Å²) >= 11 is 0. The maximum absolute atomic E-state index is 12.8. The van der Waals surface area contributed by atoms with Crippen LogP contribution in [0.25, 0.3) is 0 Å². The molecule has 3 rings (SSSR count). The third-order valence-corrected chi connectivity index (χ3v) is 3.41. The van der Waals surface area contributed by atoms with Gasteiger partial charge in [-0.3, -0.25) is 13.8 Å². The first-order valence-electron chi connectivity index (χ1n) is 7.14. The molecule has 0 radical (unpaired) electrons. The minimum Gasteiger partial charge on any atom is -0.268 e. The van der Waals surface area contributed by atoms with Gasteiger partial charge in [0.25, 0.3) is 0 Å². The molecule has 0 amide bonds. The Kier molecular flexibility index (Phi) is 4.46. The molecule has 3 heterocycles. The van der Waals surface area contributed by atoms with E-state index in [9.17, 15) is 39.5 Å². The molecule has 0 aliphatic heterocycles. The van der Waals surface area contributed by atoms with Crippen molar-refractivity contribution >= 4 is 7.12 Å². The summed E-state index contributed by atoms with van der Waals surface area (Å²) in [5, 5.41) is 9.55. The molecular formula is C12H6BF9N6.